The van der Waals surface area contributed by atoms with Gasteiger partial charge in [0.1, 0.15) is 18.0 Å². The molecule has 15 aliphatic rings. The fourth-order valence-corrected chi connectivity index (χ4v) is 26.0. The normalized spacial score (nSPS) is 49.6. The van der Waals surface area contributed by atoms with Gasteiger partial charge >= 0.3 is 5.97 Å². The quantitative estimate of drug-likeness (QED) is 0.0746. The van der Waals surface area contributed by atoms with Gasteiger partial charge in [-0.1, -0.05) is 90.7 Å². The van der Waals surface area contributed by atoms with Crippen molar-refractivity contribution < 1.29 is 39.5 Å². The van der Waals surface area contributed by atoms with Crippen LogP contribution in [-0.4, -0.2) is 80.9 Å². The van der Waals surface area contributed by atoms with E-state index in [1.54, 1.807) is 6.08 Å². The standard InChI is InChI=1S/C75H89NO8/c1-76-64-36-58-47(15-8-17-51(58)40-77)14-5-6-24-70-25-23-65-71(42-78)41-72-54(31-52-30-48(21-22-62(52)72)46-12-3-2-4-13-46)34-56-29-44-11-7-10-43(26-44)27-45-19-20-50(28-45)57-18-9-16-49-33-63(69(72)83-56)75(71,82)55(35-59(49)57)39-73(65,80)74(70,81)38-53-32-60(64)68-61(67(53)70)37-66(79)84-68/h2-4,7-13,15-17,26,37,42,45,48-50,52-57,59-60,62-65,67-69,76-77,80-82H,6,18-25,27-36,38-41H2,1H3. The van der Waals surface area contributed by atoms with Crippen molar-refractivity contribution in [2.24, 2.45) is 99.1 Å². The molecule has 0 aromatic heterocycles. The zero-order chi connectivity index (χ0) is 56.7. The highest BCUT2D eigenvalue weighted by molar-refractivity contribution is 5.86. The zero-order valence-corrected chi connectivity index (χ0v) is 49.4. The Bertz CT molecular complexity index is 3290. The number of hydrogen-bond acceptors (Lipinski definition) is 9. The number of carbonyl (C=O) groups is 2. The first-order valence-corrected chi connectivity index (χ1v) is 33.7. The van der Waals surface area contributed by atoms with Crippen molar-refractivity contribution in [3.05, 3.63) is 130 Å². The minimum Gasteiger partial charge on any atom is -0.454 e. The average molecular weight is 1130 g/mol. The van der Waals surface area contributed by atoms with E-state index in [0.717, 1.165) is 86.5 Å². The predicted molar refractivity (Wildman–Crippen MR) is 319 cm³/mol. The van der Waals surface area contributed by atoms with Gasteiger partial charge in [-0.05, 0) is 252 Å². The number of nitrogens with one attached hydrogen (secondary N) is 1. The molecule has 2 spiro atoms. The molecule has 12 aliphatic carbocycles. The Morgan fingerprint density at radius 3 is 2.48 bits per heavy atom. The molecule has 3 heterocycles. The molecule has 3 aromatic rings. The van der Waals surface area contributed by atoms with E-state index in [4.69, 9.17) is 9.47 Å². The van der Waals surface area contributed by atoms with Crippen LogP contribution in [0.2, 0.25) is 0 Å². The summed E-state index contributed by atoms with van der Waals surface area (Å²) in [5, 5.41) is 60.2. The van der Waals surface area contributed by atoms with Crippen molar-refractivity contribution in [3.63, 3.8) is 0 Å². The average Bonchev–Trinajstić information content (AvgIpc) is 1.25. The summed E-state index contributed by atoms with van der Waals surface area (Å²) in [6.07, 6.45) is 25.0. The molecule has 3 aliphatic heterocycles. The molecule has 1 saturated heterocycles. The Morgan fingerprint density at radius 1 is 0.774 bits per heavy atom. The van der Waals surface area contributed by atoms with Gasteiger partial charge in [-0.25, -0.2) is 4.79 Å². The molecular weight excluding hydrogens is 1040 g/mol. The second-order valence-electron chi connectivity index (χ2n) is 31.1. The van der Waals surface area contributed by atoms with Crippen LogP contribution in [0.25, 0.3) is 0 Å². The molecule has 84 heavy (non-hydrogen) atoms. The van der Waals surface area contributed by atoms with Crippen LogP contribution in [0.1, 0.15) is 161 Å². The smallest absolute Gasteiger partial charge is 0.331 e. The molecule has 0 radical (unpaired) electrons. The number of rotatable bonds is 4. The molecular formula is C75H89NO8. The Morgan fingerprint density at radius 2 is 1.63 bits per heavy atom. The number of ether oxygens (including phenoxy) is 2. The molecule has 9 nitrogen and oxygen atoms in total. The van der Waals surface area contributed by atoms with Gasteiger partial charge in [0.05, 0.1) is 35.4 Å². The Hall–Kier alpha value is -4.40. The lowest BCUT2D eigenvalue weighted by atomic mass is 9.32. The van der Waals surface area contributed by atoms with Crippen LogP contribution < -0.4 is 5.32 Å². The first kappa shape index (κ1) is 53.8. The van der Waals surface area contributed by atoms with E-state index in [0.29, 0.717) is 86.9 Å². The van der Waals surface area contributed by atoms with E-state index >= 15 is 20.1 Å². The maximum absolute atomic E-state index is 16.0. The van der Waals surface area contributed by atoms with E-state index in [2.05, 4.69) is 90.0 Å². The SMILES string of the molecule is CNC1Cc2c(cccc2CO)C#CCCC23CCC4C(O)(CC5CC6C7C=CCC6C6CCC(Cc8cccc(c8)CC8CC9CC%10CC(c%11ccccc%11)CCC%10C9%10CC4(C=O)C5(O)C(C7)C%10O8)C6)C2(O)CC2CC1C1OC(=O)C=C1C23. The van der Waals surface area contributed by atoms with Crippen LogP contribution in [0.5, 0.6) is 0 Å². The second-order valence-corrected chi connectivity index (χ2v) is 31.1. The van der Waals surface area contributed by atoms with Gasteiger partial charge in [0, 0.05) is 52.7 Å². The molecule has 9 heteroatoms. The van der Waals surface area contributed by atoms with E-state index in [1.165, 1.54) is 42.2 Å². The number of fused-ring (bicyclic) bond motifs is 13. The van der Waals surface area contributed by atoms with Crippen LogP contribution >= 0.6 is 0 Å². The van der Waals surface area contributed by atoms with Crippen molar-refractivity contribution in [3.8, 4) is 11.8 Å². The number of aldehydes is 1. The lowest BCUT2D eigenvalue weighted by molar-refractivity contribution is -0.370. The number of esters is 1. The minimum absolute atomic E-state index is 0.0142. The number of benzene rings is 3. The second kappa shape index (κ2) is 19.3. The van der Waals surface area contributed by atoms with Crippen molar-refractivity contribution in [2.75, 3.05) is 7.05 Å². The molecule has 10 fully saturated rings. The Balaban J connectivity index is 0.853. The summed E-state index contributed by atoms with van der Waals surface area (Å²) in [5.41, 5.74) is 0.397. The van der Waals surface area contributed by atoms with Crippen molar-refractivity contribution in [1.29, 1.82) is 0 Å². The largest absolute Gasteiger partial charge is 0.454 e. The van der Waals surface area contributed by atoms with Gasteiger partial charge in [-0.3, -0.25) is 0 Å². The first-order valence-electron chi connectivity index (χ1n) is 33.7. The number of carbonyl (C=O) groups excluding carboxylic acids is 2. The monoisotopic (exact) mass is 1130 g/mol. The van der Waals surface area contributed by atoms with E-state index in [1.807, 2.05) is 19.2 Å². The number of likely N-dealkylation sites (N-methyl/N-ethyl adjacent to an activating group) is 1. The van der Waals surface area contributed by atoms with Crippen LogP contribution in [-0.2, 0) is 44.9 Å². The molecule has 25 atom stereocenters. The van der Waals surface area contributed by atoms with E-state index in [9.17, 15) is 9.90 Å². The number of allylic oxidation sites excluding steroid dienone is 2. The van der Waals surface area contributed by atoms with Gasteiger partial charge in [-0.2, -0.15) is 0 Å². The first-order chi connectivity index (χ1) is 40.8. The molecule has 3 aromatic carbocycles. The summed E-state index contributed by atoms with van der Waals surface area (Å²) < 4.78 is 14.6. The van der Waals surface area contributed by atoms with Crippen molar-refractivity contribution >= 4 is 12.3 Å². The predicted octanol–water partition coefficient (Wildman–Crippen LogP) is 11.0. The van der Waals surface area contributed by atoms with Crippen molar-refractivity contribution in [1.82, 2.24) is 5.32 Å². The van der Waals surface area contributed by atoms with Crippen molar-refractivity contribution in [2.45, 2.75) is 195 Å². The van der Waals surface area contributed by atoms with Gasteiger partial charge < -0.3 is 40.0 Å². The van der Waals surface area contributed by atoms with E-state index < -0.39 is 51.0 Å². The topological polar surface area (TPSA) is 146 Å². The third-order valence-electron chi connectivity index (χ3n) is 28.6. The highest BCUT2D eigenvalue weighted by atomic mass is 16.5. The van der Waals surface area contributed by atoms with Crippen LogP contribution in [0.3, 0.4) is 0 Å². The number of hydrogen-bond donors (Lipinski definition) is 5. The summed E-state index contributed by atoms with van der Waals surface area (Å²) in [4.78, 5) is 30.0. The summed E-state index contributed by atoms with van der Waals surface area (Å²) in [6, 6.07) is 26.5. The Labute approximate surface area is 497 Å². The Kier molecular flexibility index (Phi) is 12.4. The fourth-order valence-electron chi connectivity index (χ4n) is 26.0. The summed E-state index contributed by atoms with van der Waals surface area (Å²) >= 11 is 0. The molecule has 442 valence electrons. The minimum atomic E-state index is -1.74. The third-order valence-corrected chi connectivity index (χ3v) is 28.6. The van der Waals surface area contributed by atoms with Crippen LogP contribution in [0, 0.1) is 111 Å². The highest BCUT2D eigenvalue weighted by Gasteiger charge is 2.86. The van der Waals surface area contributed by atoms with Gasteiger partial charge in [0.25, 0.3) is 0 Å². The molecule has 18 rings (SSSR count). The summed E-state index contributed by atoms with van der Waals surface area (Å²) in [7, 11) is 1.98. The maximum atomic E-state index is 16.0. The number of aliphatic hydroxyl groups is 4. The molecule has 9 saturated carbocycles. The molecule has 5 N–H and O–H groups in total. The highest BCUT2D eigenvalue weighted by Crippen LogP contribution is 2.82. The molecule has 0 amide bonds. The fraction of sp³-hybridized carbons (Fsp3) is 0.653. The maximum Gasteiger partial charge on any atom is 0.331 e. The van der Waals surface area contributed by atoms with Gasteiger partial charge in [-0.15, -0.1) is 0 Å². The van der Waals surface area contributed by atoms with Gasteiger partial charge in [0.2, 0.25) is 0 Å². The zero-order valence-electron chi connectivity index (χ0n) is 49.4. The van der Waals surface area contributed by atoms with Crippen LogP contribution in [0.15, 0.2) is 96.6 Å². The number of aliphatic hydroxyl groups excluding tert-OH is 1. The van der Waals surface area contributed by atoms with E-state index in [-0.39, 0.29) is 78.7 Å². The lowest BCUT2D eigenvalue weighted by Gasteiger charge is -2.75. The summed E-state index contributed by atoms with van der Waals surface area (Å²) in [6.45, 7) is -0.101. The third kappa shape index (κ3) is 7.19. The van der Waals surface area contributed by atoms with Gasteiger partial charge in [0.15, 0.2) is 0 Å². The molecule has 25 unspecified atom stereocenters. The van der Waals surface area contributed by atoms with Crippen LogP contribution in [0.4, 0.5) is 0 Å². The summed E-state index contributed by atoms with van der Waals surface area (Å²) in [5.74, 6) is 8.49. The lowest BCUT2D eigenvalue weighted by Crippen LogP contribution is -2.83. The molecule has 14 bridgehead atoms.